The van der Waals surface area contributed by atoms with Crippen molar-refractivity contribution in [1.82, 2.24) is 0 Å². The standard InChI is InChI=1S/C14H16N2O4S3/c1-14(2)19-12(17)9(13(18)20-14)7(6-4-3-5-23-6)8(10(15)21)11(16)22/h3-5,7-9H,1-2H3,(H2,15,21)(H2,16,22). The lowest BCUT2D eigenvalue weighted by molar-refractivity contribution is -0.241. The molecule has 1 aliphatic heterocycles. The predicted octanol–water partition coefficient (Wildman–Crippen LogP) is 1.47. The fourth-order valence-corrected chi connectivity index (χ4v) is 4.04. The summed E-state index contributed by atoms with van der Waals surface area (Å²) in [5.74, 6) is -5.50. The highest BCUT2D eigenvalue weighted by molar-refractivity contribution is 7.82. The summed E-state index contributed by atoms with van der Waals surface area (Å²) in [6.45, 7) is 2.97. The molecule has 0 saturated carbocycles. The van der Waals surface area contributed by atoms with E-state index in [9.17, 15) is 9.59 Å². The number of hydrogen-bond acceptors (Lipinski definition) is 7. The van der Waals surface area contributed by atoms with Crippen molar-refractivity contribution in [2.24, 2.45) is 23.3 Å². The molecule has 6 nitrogen and oxygen atoms in total. The normalized spacial score (nSPS) is 19.1. The Morgan fingerprint density at radius 2 is 1.74 bits per heavy atom. The maximum absolute atomic E-state index is 12.4. The molecule has 0 radical (unpaired) electrons. The number of esters is 2. The molecular weight excluding hydrogens is 356 g/mol. The fraction of sp³-hybridized carbons (Fsp3) is 0.429. The quantitative estimate of drug-likeness (QED) is 0.455. The highest BCUT2D eigenvalue weighted by Gasteiger charge is 2.51. The van der Waals surface area contributed by atoms with E-state index in [0.717, 1.165) is 0 Å². The SMILES string of the molecule is CC1(C)OC(=O)C(C(c2cccs2)C(C(N)=S)C(N)=S)C(=O)O1. The second-order valence-corrected chi connectivity index (χ2v) is 7.47. The average Bonchev–Trinajstić information content (AvgIpc) is 2.87. The molecule has 124 valence electrons. The fourth-order valence-electron chi connectivity index (χ4n) is 2.52. The Balaban J connectivity index is 2.50. The highest BCUT2D eigenvalue weighted by atomic mass is 32.1. The first kappa shape index (κ1) is 17.8. The van der Waals surface area contributed by atoms with Crippen molar-refractivity contribution in [2.45, 2.75) is 25.6 Å². The molecular formula is C14H16N2O4S3. The molecule has 4 N–H and O–H groups in total. The van der Waals surface area contributed by atoms with Crippen LogP contribution < -0.4 is 11.5 Å². The van der Waals surface area contributed by atoms with Gasteiger partial charge in [0.25, 0.3) is 5.79 Å². The topological polar surface area (TPSA) is 105 Å². The van der Waals surface area contributed by atoms with Crippen LogP contribution in [0.5, 0.6) is 0 Å². The zero-order chi connectivity index (χ0) is 17.4. The second kappa shape index (κ2) is 6.50. The molecule has 0 aromatic carbocycles. The largest absolute Gasteiger partial charge is 0.422 e. The first-order valence-electron chi connectivity index (χ1n) is 6.72. The van der Waals surface area contributed by atoms with Crippen LogP contribution in [0, 0.1) is 11.8 Å². The van der Waals surface area contributed by atoms with Gasteiger partial charge in [-0.25, -0.2) is 0 Å². The smallest absolute Gasteiger partial charge is 0.324 e. The predicted molar refractivity (Wildman–Crippen MR) is 93.9 cm³/mol. The molecule has 0 amide bonds. The van der Waals surface area contributed by atoms with Crippen molar-refractivity contribution >= 4 is 57.7 Å². The van der Waals surface area contributed by atoms with E-state index in [4.69, 9.17) is 45.4 Å². The van der Waals surface area contributed by atoms with Crippen LogP contribution >= 0.6 is 35.8 Å². The van der Waals surface area contributed by atoms with Crippen molar-refractivity contribution in [2.75, 3.05) is 0 Å². The number of ether oxygens (including phenoxy) is 2. The summed E-state index contributed by atoms with van der Waals surface area (Å²) in [5, 5.41) is 1.81. The molecule has 0 spiro atoms. The Morgan fingerprint density at radius 1 is 1.22 bits per heavy atom. The van der Waals surface area contributed by atoms with Crippen molar-refractivity contribution in [3.63, 3.8) is 0 Å². The molecule has 1 aliphatic rings. The van der Waals surface area contributed by atoms with E-state index in [0.29, 0.717) is 4.88 Å². The van der Waals surface area contributed by atoms with E-state index in [1.807, 2.05) is 5.38 Å². The van der Waals surface area contributed by atoms with Crippen molar-refractivity contribution < 1.29 is 19.1 Å². The monoisotopic (exact) mass is 372 g/mol. The van der Waals surface area contributed by atoms with Crippen molar-refractivity contribution in [3.8, 4) is 0 Å². The maximum atomic E-state index is 12.4. The average molecular weight is 372 g/mol. The van der Waals surface area contributed by atoms with Crippen LogP contribution in [-0.4, -0.2) is 27.7 Å². The minimum atomic E-state index is -1.31. The molecule has 0 bridgehead atoms. The van der Waals surface area contributed by atoms with E-state index >= 15 is 0 Å². The van der Waals surface area contributed by atoms with Crippen molar-refractivity contribution in [1.29, 1.82) is 0 Å². The minimum Gasteiger partial charge on any atom is -0.422 e. The van der Waals surface area contributed by atoms with Crippen molar-refractivity contribution in [3.05, 3.63) is 22.4 Å². The Labute approximate surface area is 148 Å². The van der Waals surface area contributed by atoms with Crippen LogP contribution in [0.3, 0.4) is 0 Å². The number of nitrogens with two attached hydrogens (primary N) is 2. The van der Waals surface area contributed by atoms with E-state index < -0.39 is 35.5 Å². The Kier molecular flexibility index (Phi) is 5.02. The number of thiophene rings is 1. The lowest BCUT2D eigenvalue weighted by atomic mass is 9.79. The van der Waals surface area contributed by atoms with E-state index in [1.165, 1.54) is 25.2 Å². The number of thiocarbonyl (C=S) groups is 2. The van der Waals surface area contributed by atoms with Gasteiger partial charge in [-0.1, -0.05) is 30.5 Å². The number of cyclic esters (lactones) is 2. The third-order valence-corrected chi connectivity index (χ3v) is 4.89. The van der Waals surface area contributed by atoms with Gasteiger partial charge >= 0.3 is 11.9 Å². The number of rotatable bonds is 5. The second-order valence-electron chi connectivity index (χ2n) is 5.54. The molecule has 1 unspecified atom stereocenters. The maximum Gasteiger partial charge on any atom is 0.324 e. The zero-order valence-corrected chi connectivity index (χ0v) is 14.9. The van der Waals surface area contributed by atoms with Crippen LogP contribution in [0.25, 0.3) is 0 Å². The van der Waals surface area contributed by atoms with Crippen LogP contribution in [0.1, 0.15) is 24.6 Å². The van der Waals surface area contributed by atoms with Gasteiger partial charge in [-0.05, 0) is 11.4 Å². The summed E-state index contributed by atoms with van der Waals surface area (Å²) in [4.78, 5) is 25.6. The first-order valence-corrected chi connectivity index (χ1v) is 8.41. The lowest BCUT2D eigenvalue weighted by Crippen LogP contribution is -2.51. The van der Waals surface area contributed by atoms with E-state index in [-0.39, 0.29) is 9.98 Å². The van der Waals surface area contributed by atoms with Crippen LogP contribution in [0.2, 0.25) is 0 Å². The summed E-state index contributed by atoms with van der Waals surface area (Å²) in [6.07, 6.45) is 0. The lowest BCUT2D eigenvalue weighted by Gasteiger charge is -2.37. The van der Waals surface area contributed by atoms with Gasteiger partial charge < -0.3 is 20.9 Å². The Hall–Kier alpha value is -1.58. The van der Waals surface area contributed by atoms with Gasteiger partial charge in [-0.2, -0.15) is 0 Å². The molecule has 1 aromatic heterocycles. The number of hydrogen-bond donors (Lipinski definition) is 2. The molecule has 1 aromatic rings. The highest BCUT2D eigenvalue weighted by Crippen LogP contribution is 2.40. The number of carbonyl (C=O) groups excluding carboxylic acids is 2. The van der Waals surface area contributed by atoms with Gasteiger partial charge in [-0.3, -0.25) is 9.59 Å². The summed E-state index contributed by atoms with van der Waals surface area (Å²) >= 11 is 11.4. The molecule has 1 atom stereocenters. The molecule has 2 heterocycles. The summed E-state index contributed by atoms with van der Waals surface area (Å²) in [6, 6.07) is 3.55. The summed E-state index contributed by atoms with van der Waals surface area (Å²) in [7, 11) is 0. The molecule has 23 heavy (non-hydrogen) atoms. The van der Waals surface area contributed by atoms with Gasteiger partial charge in [0.15, 0.2) is 5.92 Å². The molecule has 2 rings (SSSR count). The third kappa shape index (κ3) is 3.67. The molecule has 1 fully saturated rings. The van der Waals surface area contributed by atoms with Gasteiger partial charge in [0.05, 0.1) is 15.9 Å². The Morgan fingerprint density at radius 3 is 2.13 bits per heavy atom. The third-order valence-electron chi connectivity index (χ3n) is 3.40. The van der Waals surface area contributed by atoms with Crippen LogP contribution in [-0.2, 0) is 19.1 Å². The summed E-state index contributed by atoms with van der Waals surface area (Å²) in [5.41, 5.74) is 11.5. The van der Waals surface area contributed by atoms with Gasteiger partial charge in [-0.15, -0.1) is 11.3 Å². The minimum absolute atomic E-state index is 0.0151. The van der Waals surface area contributed by atoms with E-state index in [1.54, 1.807) is 12.1 Å². The molecule has 1 saturated heterocycles. The van der Waals surface area contributed by atoms with Gasteiger partial charge in [0, 0.05) is 24.6 Å². The van der Waals surface area contributed by atoms with Crippen LogP contribution in [0.15, 0.2) is 17.5 Å². The zero-order valence-electron chi connectivity index (χ0n) is 12.5. The summed E-state index contributed by atoms with van der Waals surface area (Å²) < 4.78 is 10.4. The van der Waals surface area contributed by atoms with Gasteiger partial charge in [0.2, 0.25) is 0 Å². The first-order chi connectivity index (χ1) is 10.6. The number of carbonyl (C=O) groups is 2. The molecule has 0 aliphatic carbocycles. The van der Waals surface area contributed by atoms with Crippen LogP contribution in [0.4, 0.5) is 0 Å². The molecule has 9 heteroatoms. The Bertz CT molecular complexity index is 623. The van der Waals surface area contributed by atoms with E-state index in [2.05, 4.69) is 0 Å². The van der Waals surface area contributed by atoms with Gasteiger partial charge in [0.1, 0.15) is 0 Å².